The Morgan fingerprint density at radius 2 is 1.49 bits per heavy atom. The van der Waals surface area contributed by atoms with E-state index in [0.717, 1.165) is 63.7 Å². The summed E-state index contributed by atoms with van der Waals surface area (Å²) in [5.74, 6) is 2.06. The van der Waals surface area contributed by atoms with Crippen molar-refractivity contribution in [3.63, 3.8) is 0 Å². The fraction of sp³-hybridized carbons (Fsp3) is 0.323. The maximum absolute atomic E-state index is 6.05. The van der Waals surface area contributed by atoms with Crippen LogP contribution in [0.4, 0.5) is 5.82 Å². The lowest BCUT2D eigenvalue weighted by Gasteiger charge is -2.35. The van der Waals surface area contributed by atoms with E-state index in [0.29, 0.717) is 0 Å². The number of unbranched alkanes of at least 4 members (excludes halogenated alkanes) is 2. The average Bonchev–Trinajstić information content (AvgIpc) is 2.92. The molecule has 0 aliphatic carbocycles. The van der Waals surface area contributed by atoms with Gasteiger partial charge in [0.2, 0.25) is 0 Å². The number of ether oxygens (including phenoxy) is 1. The topological polar surface area (TPSA) is 28.6 Å². The van der Waals surface area contributed by atoms with E-state index < -0.39 is 0 Å². The number of hydrogen-bond acceptors (Lipinski definition) is 4. The summed E-state index contributed by atoms with van der Waals surface area (Å²) in [5, 5.41) is 2.53. The highest BCUT2D eigenvalue weighted by molar-refractivity contribution is 5.84. The van der Waals surface area contributed by atoms with E-state index in [1.807, 2.05) is 12.3 Å². The molecular formula is C31H35N3O. The van der Waals surface area contributed by atoms with Gasteiger partial charge in [0.1, 0.15) is 11.6 Å². The van der Waals surface area contributed by atoms with Crippen molar-refractivity contribution in [2.45, 2.75) is 32.2 Å². The lowest BCUT2D eigenvalue weighted by atomic mass is 10.1. The number of aryl methyl sites for hydroxylation is 1. The van der Waals surface area contributed by atoms with Crippen molar-refractivity contribution < 1.29 is 4.74 Å². The van der Waals surface area contributed by atoms with Gasteiger partial charge >= 0.3 is 0 Å². The Bertz CT molecular complexity index is 1190. The first kappa shape index (κ1) is 23.4. The van der Waals surface area contributed by atoms with Crippen LogP contribution in [-0.2, 0) is 13.0 Å². The van der Waals surface area contributed by atoms with Crippen molar-refractivity contribution >= 4 is 16.6 Å². The maximum atomic E-state index is 6.05. The lowest BCUT2D eigenvalue weighted by Crippen LogP contribution is -2.46. The monoisotopic (exact) mass is 465 g/mol. The zero-order chi connectivity index (χ0) is 23.7. The van der Waals surface area contributed by atoms with E-state index in [1.54, 1.807) is 0 Å². The molecule has 2 heterocycles. The van der Waals surface area contributed by atoms with Crippen LogP contribution in [0.1, 0.15) is 30.4 Å². The second kappa shape index (κ2) is 11.9. The second-order valence-electron chi connectivity index (χ2n) is 9.44. The molecule has 4 nitrogen and oxygen atoms in total. The molecule has 35 heavy (non-hydrogen) atoms. The number of aromatic nitrogens is 1. The normalized spacial score (nSPS) is 14.3. The molecule has 0 amide bonds. The van der Waals surface area contributed by atoms with Crippen molar-refractivity contribution in [2.24, 2.45) is 0 Å². The largest absolute Gasteiger partial charge is 0.494 e. The molecule has 0 radical (unpaired) electrons. The number of hydrogen-bond donors (Lipinski definition) is 0. The summed E-state index contributed by atoms with van der Waals surface area (Å²) < 4.78 is 6.05. The molecule has 0 unspecified atom stereocenters. The molecule has 1 aliphatic rings. The summed E-state index contributed by atoms with van der Waals surface area (Å²) in [5.41, 5.74) is 2.80. The molecule has 5 rings (SSSR count). The summed E-state index contributed by atoms with van der Waals surface area (Å²) in [6.07, 6.45) is 6.53. The van der Waals surface area contributed by atoms with Gasteiger partial charge in [-0.1, -0.05) is 54.6 Å². The van der Waals surface area contributed by atoms with Crippen LogP contribution in [0.3, 0.4) is 0 Å². The summed E-state index contributed by atoms with van der Waals surface area (Å²) in [7, 11) is 0. The Balaban J connectivity index is 1.06. The Morgan fingerprint density at radius 3 is 2.31 bits per heavy atom. The molecule has 180 valence electrons. The van der Waals surface area contributed by atoms with Crippen LogP contribution in [0.2, 0.25) is 0 Å². The number of anilines is 1. The standard InChI is InChI=1S/C31H35N3O/c1-3-9-26(10-4-1)11-5-2-8-22-35-30-16-15-28-23-27(13-14-29(28)24-30)25-33-18-20-34(21-19-33)31-12-6-7-17-32-31/h1,3-4,6-7,9-10,12-17,23-24H,2,5,8,11,18-22,25H2. The molecule has 0 spiro atoms. The minimum Gasteiger partial charge on any atom is -0.494 e. The van der Waals surface area contributed by atoms with Crippen LogP contribution >= 0.6 is 0 Å². The summed E-state index contributed by atoms with van der Waals surface area (Å²) in [4.78, 5) is 9.41. The minimum atomic E-state index is 0.781. The number of benzene rings is 3. The second-order valence-corrected chi connectivity index (χ2v) is 9.44. The quantitative estimate of drug-likeness (QED) is 0.255. The van der Waals surface area contributed by atoms with Gasteiger partial charge in [-0.3, -0.25) is 4.90 Å². The Labute approximate surface area is 209 Å². The number of nitrogens with zero attached hydrogens (tertiary/aromatic N) is 3. The van der Waals surface area contributed by atoms with Gasteiger partial charge in [0.15, 0.2) is 0 Å². The molecule has 0 saturated carbocycles. The Morgan fingerprint density at radius 1 is 0.686 bits per heavy atom. The van der Waals surface area contributed by atoms with Gasteiger partial charge in [-0.2, -0.15) is 0 Å². The third-order valence-corrected chi connectivity index (χ3v) is 6.85. The van der Waals surface area contributed by atoms with Gasteiger partial charge < -0.3 is 9.64 Å². The molecule has 1 fully saturated rings. The number of piperazine rings is 1. The molecule has 1 saturated heterocycles. The van der Waals surface area contributed by atoms with Crippen LogP contribution in [0.15, 0.2) is 91.1 Å². The molecule has 4 heteroatoms. The van der Waals surface area contributed by atoms with Crippen LogP contribution in [0.5, 0.6) is 5.75 Å². The van der Waals surface area contributed by atoms with Gasteiger partial charge in [0.05, 0.1) is 6.61 Å². The molecule has 0 atom stereocenters. The molecule has 1 aromatic heterocycles. The fourth-order valence-electron chi connectivity index (χ4n) is 4.84. The van der Waals surface area contributed by atoms with Crippen LogP contribution < -0.4 is 9.64 Å². The highest BCUT2D eigenvalue weighted by Gasteiger charge is 2.18. The summed E-state index contributed by atoms with van der Waals surface area (Å²) >= 11 is 0. The average molecular weight is 466 g/mol. The van der Waals surface area contributed by atoms with E-state index in [9.17, 15) is 0 Å². The van der Waals surface area contributed by atoms with Crippen molar-refractivity contribution in [2.75, 3.05) is 37.7 Å². The zero-order valence-corrected chi connectivity index (χ0v) is 20.5. The molecule has 1 aliphatic heterocycles. The summed E-state index contributed by atoms with van der Waals surface area (Å²) in [6.45, 7) is 5.95. The zero-order valence-electron chi connectivity index (χ0n) is 20.5. The molecular weight excluding hydrogens is 430 g/mol. The van der Waals surface area contributed by atoms with Crippen molar-refractivity contribution in [1.29, 1.82) is 0 Å². The Kier molecular flexibility index (Phi) is 7.92. The SMILES string of the molecule is c1ccc(CCCCCOc2ccc3cc(CN4CCN(c5ccccn5)CC4)ccc3c2)cc1. The van der Waals surface area contributed by atoms with E-state index >= 15 is 0 Å². The Hall–Kier alpha value is -3.37. The van der Waals surface area contributed by atoms with Gasteiger partial charge in [0, 0.05) is 38.9 Å². The molecule has 0 bridgehead atoms. The number of pyridine rings is 1. The van der Waals surface area contributed by atoms with Gasteiger partial charge in [-0.25, -0.2) is 4.98 Å². The highest BCUT2D eigenvalue weighted by Crippen LogP contribution is 2.23. The smallest absolute Gasteiger partial charge is 0.128 e. The molecule has 0 N–H and O–H groups in total. The highest BCUT2D eigenvalue weighted by atomic mass is 16.5. The van der Waals surface area contributed by atoms with E-state index in [-0.39, 0.29) is 0 Å². The predicted molar refractivity (Wildman–Crippen MR) is 145 cm³/mol. The fourth-order valence-corrected chi connectivity index (χ4v) is 4.84. The molecule has 3 aromatic carbocycles. The van der Waals surface area contributed by atoms with Crippen molar-refractivity contribution in [3.8, 4) is 5.75 Å². The first-order valence-electron chi connectivity index (χ1n) is 12.9. The van der Waals surface area contributed by atoms with Crippen LogP contribution in [0.25, 0.3) is 10.8 Å². The van der Waals surface area contributed by atoms with Gasteiger partial charge in [-0.05, 0) is 77.9 Å². The predicted octanol–water partition coefficient (Wildman–Crippen LogP) is 6.35. The third-order valence-electron chi connectivity index (χ3n) is 6.85. The summed E-state index contributed by atoms with van der Waals surface area (Å²) in [6, 6.07) is 30.2. The van der Waals surface area contributed by atoms with Crippen LogP contribution in [-0.4, -0.2) is 42.7 Å². The maximum Gasteiger partial charge on any atom is 0.128 e. The third kappa shape index (κ3) is 6.61. The van der Waals surface area contributed by atoms with E-state index in [2.05, 4.69) is 93.6 Å². The van der Waals surface area contributed by atoms with Gasteiger partial charge in [-0.15, -0.1) is 0 Å². The first-order valence-corrected chi connectivity index (χ1v) is 12.9. The van der Waals surface area contributed by atoms with Crippen molar-refractivity contribution in [3.05, 3.63) is 102 Å². The minimum absolute atomic E-state index is 0.781. The number of rotatable bonds is 10. The number of fused-ring (bicyclic) bond motifs is 1. The molecule has 4 aromatic rings. The van der Waals surface area contributed by atoms with E-state index in [4.69, 9.17) is 4.74 Å². The van der Waals surface area contributed by atoms with E-state index in [1.165, 1.54) is 34.7 Å². The van der Waals surface area contributed by atoms with Crippen molar-refractivity contribution in [1.82, 2.24) is 9.88 Å². The lowest BCUT2D eigenvalue weighted by molar-refractivity contribution is 0.249. The van der Waals surface area contributed by atoms with Crippen LogP contribution in [0, 0.1) is 0 Å². The van der Waals surface area contributed by atoms with Gasteiger partial charge in [0.25, 0.3) is 0 Å². The first-order chi connectivity index (χ1) is 17.3.